The van der Waals surface area contributed by atoms with Crippen molar-refractivity contribution in [1.82, 2.24) is 0 Å². The second-order valence-electron chi connectivity index (χ2n) is 3.26. The first-order chi connectivity index (χ1) is 7.93. The Hall–Kier alpha value is -1.53. The van der Waals surface area contributed by atoms with Crippen LogP contribution in [0.25, 0.3) is 0 Å². The molecule has 1 atom stereocenters. The molecule has 0 heterocycles. The Labute approximate surface area is 102 Å². The number of ether oxygens (including phenoxy) is 1. The van der Waals surface area contributed by atoms with Crippen LogP contribution in [0.1, 0.15) is 11.5 Å². The van der Waals surface area contributed by atoms with E-state index < -0.39 is 28.5 Å². The lowest BCUT2D eigenvalue weighted by Gasteiger charge is -2.17. The van der Waals surface area contributed by atoms with E-state index in [0.29, 0.717) is 0 Å². The molecule has 1 aromatic rings. The molecule has 0 bridgehead atoms. The molecular formula is C10H11ClFNO4. The quantitative estimate of drug-likeness (QED) is 0.762. The zero-order valence-corrected chi connectivity index (χ0v) is 9.66. The third-order valence-electron chi connectivity index (χ3n) is 2.27. The topological polar surface area (TPSA) is 92.8 Å². The first-order valence-corrected chi connectivity index (χ1v) is 4.99. The van der Waals surface area contributed by atoms with Crippen molar-refractivity contribution >= 4 is 17.6 Å². The highest BCUT2D eigenvalue weighted by atomic mass is 35.5. The third-order valence-corrected chi connectivity index (χ3v) is 2.55. The van der Waals surface area contributed by atoms with Gasteiger partial charge < -0.3 is 20.7 Å². The maximum absolute atomic E-state index is 13.8. The van der Waals surface area contributed by atoms with E-state index in [1.807, 2.05) is 0 Å². The largest absolute Gasteiger partial charge is 0.504 e. The van der Waals surface area contributed by atoms with Crippen molar-refractivity contribution in [2.24, 2.45) is 5.73 Å². The highest BCUT2D eigenvalue weighted by Gasteiger charge is 2.29. The van der Waals surface area contributed by atoms with E-state index in [-0.39, 0.29) is 17.9 Å². The number of nitrogens with two attached hydrogens (primary N) is 1. The summed E-state index contributed by atoms with van der Waals surface area (Å²) in [6, 6.07) is 0.939. The number of aliphatic carboxylic acids is 1. The molecule has 0 saturated carbocycles. The fourth-order valence-electron chi connectivity index (χ4n) is 1.48. The predicted molar refractivity (Wildman–Crippen MR) is 59.1 cm³/mol. The fourth-order valence-corrected chi connectivity index (χ4v) is 1.69. The van der Waals surface area contributed by atoms with Crippen LogP contribution in [-0.2, 0) is 4.79 Å². The average Bonchev–Trinajstić information content (AvgIpc) is 2.25. The lowest BCUT2D eigenvalue weighted by molar-refractivity contribution is -0.138. The number of hydrogen-bond donors (Lipinski definition) is 3. The van der Waals surface area contributed by atoms with Gasteiger partial charge in [-0.05, 0) is 0 Å². The fraction of sp³-hybridized carbons (Fsp3) is 0.300. The first kappa shape index (κ1) is 13.5. The van der Waals surface area contributed by atoms with Crippen LogP contribution in [0.5, 0.6) is 11.5 Å². The van der Waals surface area contributed by atoms with Crippen LogP contribution in [-0.4, -0.2) is 29.8 Å². The van der Waals surface area contributed by atoms with E-state index in [9.17, 15) is 14.3 Å². The van der Waals surface area contributed by atoms with Gasteiger partial charge in [0.25, 0.3) is 0 Å². The minimum atomic E-state index is -1.34. The van der Waals surface area contributed by atoms with Gasteiger partial charge >= 0.3 is 5.97 Å². The molecule has 1 aromatic carbocycles. The number of benzene rings is 1. The highest BCUT2D eigenvalue weighted by molar-refractivity contribution is 6.31. The molecule has 1 unspecified atom stereocenters. The third kappa shape index (κ3) is 2.42. The molecule has 0 aliphatic rings. The molecule has 0 aliphatic heterocycles. The molecule has 0 amide bonds. The summed E-state index contributed by atoms with van der Waals surface area (Å²) in [6.07, 6.45) is 0. The van der Waals surface area contributed by atoms with Crippen molar-refractivity contribution in [3.63, 3.8) is 0 Å². The Kier molecular flexibility index (Phi) is 4.14. The smallest absolute Gasteiger partial charge is 0.312 e. The Balaban J connectivity index is 3.53. The van der Waals surface area contributed by atoms with Gasteiger partial charge in [0.15, 0.2) is 11.5 Å². The van der Waals surface area contributed by atoms with E-state index >= 15 is 0 Å². The maximum Gasteiger partial charge on any atom is 0.312 e. The zero-order chi connectivity index (χ0) is 13.2. The van der Waals surface area contributed by atoms with Crippen molar-refractivity contribution < 1.29 is 24.1 Å². The Morgan fingerprint density at radius 2 is 2.29 bits per heavy atom. The molecule has 7 heteroatoms. The molecule has 0 fully saturated rings. The molecule has 0 aliphatic carbocycles. The zero-order valence-electron chi connectivity index (χ0n) is 8.91. The van der Waals surface area contributed by atoms with Crippen LogP contribution in [0.3, 0.4) is 0 Å². The molecular weight excluding hydrogens is 253 g/mol. The summed E-state index contributed by atoms with van der Waals surface area (Å²) in [5.41, 5.74) is 4.92. The summed E-state index contributed by atoms with van der Waals surface area (Å²) in [7, 11) is 1.18. The normalized spacial score (nSPS) is 12.2. The Morgan fingerprint density at radius 1 is 1.71 bits per heavy atom. The lowest BCUT2D eigenvalue weighted by atomic mass is 9.97. The number of methoxy groups -OCH3 is 1. The number of carbonyl (C=O) groups is 1. The summed E-state index contributed by atoms with van der Waals surface area (Å²) in [6.45, 7) is -0.345. The summed E-state index contributed by atoms with van der Waals surface area (Å²) in [5, 5.41) is 18.0. The van der Waals surface area contributed by atoms with Crippen molar-refractivity contribution in [1.29, 1.82) is 0 Å². The summed E-state index contributed by atoms with van der Waals surface area (Å²) >= 11 is 5.53. The summed E-state index contributed by atoms with van der Waals surface area (Å²) in [5.74, 6) is -4.33. The number of rotatable bonds is 4. The molecule has 4 N–H and O–H groups in total. The van der Waals surface area contributed by atoms with Gasteiger partial charge in [-0.2, -0.15) is 0 Å². The molecule has 5 nitrogen and oxygen atoms in total. The molecule has 17 heavy (non-hydrogen) atoms. The molecule has 0 saturated heterocycles. The van der Waals surface area contributed by atoms with Gasteiger partial charge in [-0.3, -0.25) is 4.79 Å². The van der Waals surface area contributed by atoms with Crippen LogP contribution in [0, 0.1) is 5.82 Å². The lowest BCUT2D eigenvalue weighted by Crippen LogP contribution is -2.23. The Morgan fingerprint density at radius 3 is 2.71 bits per heavy atom. The van der Waals surface area contributed by atoms with Crippen molar-refractivity contribution in [3.05, 3.63) is 22.5 Å². The standard InChI is InChI=1S/C10H11ClFNO4/c1-17-9-6(14)2-5(11)8(12)7(9)4(3-13)10(15)16/h2,4,14H,3,13H2,1H3,(H,15,16). The maximum atomic E-state index is 13.8. The second-order valence-corrected chi connectivity index (χ2v) is 3.67. The van der Waals surface area contributed by atoms with E-state index in [1.54, 1.807) is 0 Å². The van der Waals surface area contributed by atoms with E-state index in [4.69, 9.17) is 27.2 Å². The average molecular weight is 264 g/mol. The monoisotopic (exact) mass is 263 g/mol. The summed E-state index contributed by atoms with van der Waals surface area (Å²) in [4.78, 5) is 10.9. The minimum absolute atomic E-state index is 0.273. The number of hydrogen-bond acceptors (Lipinski definition) is 4. The van der Waals surface area contributed by atoms with E-state index in [0.717, 1.165) is 6.07 Å². The minimum Gasteiger partial charge on any atom is -0.504 e. The van der Waals surface area contributed by atoms with Crippen LogP contribution in [0.15, 0.2) is 6.07 Å². The van der Waals surface area contributed by atoms with Crippen LogP contribution in [0.2, 0.25) is 5.02 Å². The number of carboxylic acid groups (broad SMARTS) is 1. The number of phenols is 1. The Bertz CT molecular complexity index is 452. The van der Waals surface area contributed by atoms with Crippen LogP contribution < -0.4 is 10.5 Å². The van der Waals surface area contributed by atoms with Crippen LogP contribution in [0.4, 0.5) is 4.39 Å². The second kappa shape index (κ2) is 5.20. The molecule has 94 valence electrons. The molecule has 0 spiro atoms. The van der Waals surface area contributed by atoms with Gasteiger partial charge in [0.2, 0.25) is 0 Å². The van der Waals surface area contributed by atoms with Gasteiger partial charge in [0.05, 0.1) is 17.7 Å². The van der Waals surface area contributed by atoms with E-state index in [2.05, 4.69) is 0 Å². The van der Waals surface area contributed by atoms with Crippen molar-refractivity contribution in [2.45, 2.75) is 5.92 Å². The van der Waals surface area contributed by atoms with Gasteiger partial charge in [0, 0.05) is 12.6 Å². The highest BCUT2D eigenvalue weighted by Crippen LogP contribution is 2.40. The van der Waals surface area contributed by atoms with Gasteiger partial charge in [-0.25, -0.2) is 4.39 Å². The SMILES string of the molecule is COc1c(O)cc(Cl)c(F)c1C(CN)C(=O)O. The number of carboxylic acids is 1. The van der Waals surface area contributed by atoms with Gasteiger partial charge in [0.1, 0.15) is 11.7 Å². The predicted octanol–water partition coefficient (Wildman–Crippen LogP) is 1.32. The van der Waals surface area contributed by atoms with Crippen molar-refractivity contribution in [3.8, 4) is 11.5 Å². The number of aromatic hydroxyl groups is 1. The van der Waals surface area contributed by atoms with Gasteiger partial charge in [-0.15, -0.1) is 0 Å². The van der Waals surface area contributed by atoms with Crippen LogP contribution >= 0.6 is 11.6 Å². The first-order valence-electron chi connectivity index (χ1n) is 4.61. The number of phenolic OH excluding ortho intramolecular Hbond substituents is 1. The summed E-state index contributed by atoms with van der Waals surface area (Å²) < 4.78 is 18.6. The molecule has 0 aromatic heterocycles. The van der Waals surface area contributed by atoms with Crippen molar-refractivity contribution in [2.75, 3.05) is 13.7 Å². The number of halogens is 2. The molecule has 1 rings (SSSR count). The van der Waals surface area contributed by atoms with E-state index in [1.165, 1.54) is 7.11 Å². The van der Waals surface area contributed by atoms with Gasteiger partial charge in [-0.1, -0.05) is 11.6 Å². The molecule has 0 radical (unpaired) electrons.